The molecule has 4 aliphatic heterocycles. The number of carbonyl (C=O) groups excluding carboxylic acids is 3. The quantitative estimate of drug-likeness (QED) is 0.253. The predicted octanol–water partition coefficient (Wildman–Crippen LogP) is 4.19. The average Bonchev–Trinajstić information content (AvgIpc) is 3.89. The van der Waals surface area contributed by atoms with Crippen LogP contribution in [-0.4, -0.2) is 100.0 Å². The lowest BCUT2D eigenvalue weighted by atomic mass is 9.90. The summed E-state index contributed by atoms with van der Waals surface area (Å²) in [6.45, 7) is -0.161. The molecule has 8 rings (SSSR count). The van der Waals surface area contributed by atoms with Gasteiger partial charge >= 0.3 is 6.97 Å². The van der Waals surface area contributed by atoms with Crippen LogP contribution in [0.25, 0.3) is 6.08 Å². The zero-order valence-corrected chi connectivity index (χ0v) is 28.5. The van der Waals surface area contributed by atoms with E-state index in [0.717, 1.165) is 13.8 Å². The monoisotopic (exact) mass is 708 g/mol. The average molecular weight is 709 g/mol. The van der Waals surface area contributed by atoms with Crippen molar-refractivity contribution in [3.8, 4) is 0 Å². The number of aryl methyl sites for hydroxylation is 1. The molecule has 7 heterocycles. The first kappa shape index (κ1) is 32.9. The van der Waals surface area contributed by atoms with Gasteiger partial charge in [-0.2, -0.15) is 0 Å². The molecule has 0 atom stereocenters. The van der Waals surface area contributed by atoms with Crippen LogP contribution in [0.15, 0.2) is 90.1 Å². The summed E-state index contributed by atoms with van der Waals surface area (Å²) in [6.07, 6.45) is 7.12. The first-order valence-electron chi connectivity index (χ1n) is 17.0. The number of allylic oxidation sites excluding steroid dienone is 2. The van der Waals surface area contributed by atoms with Gasteiger partial charge in [0.2, 0.25) is 11.8 Å². The van der Waals surface area contributed by atoms with Crippen LogP contribution in [0.4, 0.5) is 25.8 Å². The van der Waals surface area contributed by atoms with Crippen molar-refractivity contribution in [1.82, 2.24) is 24.6 Å². The molecule has 3 aromatic heterocycles. The van der Waals surface area contributed by atoms with Crippen molar-refractivity contribution in [2.45, 2.75) is 12.8 Å². The number of hydrogen-bond acceptors (Lipinski definition) is 7. The molecular formula is C36H35BF2N8O3S. The Morgan fingerprint density at radius 2 is 1.80 bits per heavy atom. The molecule has 4 aromatic rings. The van der Waals surface area contributed by atoms with E-state index in [-0.39, 0.29) is 37.1 Å². The normalized spacial score (nSPS) is 18.0. The van der Waals surface area contributed by atoms with Crippen molar-refractivity contribution in [1.29, 1.82) is 0 Å². The SMILES string of the molecule is O=C(CCc1ccc2n1[B-](F)(F)[N+]1=C(c3cccs3)C=CC1=C2)NCCN1CCN(CC(=O)N2c3ccccc3C(=O)Nc3cccnc32)CC1. The first-order valence-corrected chi connectivity index (χ1v) is 17.9. The van der Waals surface area contributed by atoms with Crippen LogP contribution >= 0.6 is 11.3 Å². The van der Waals surface area contributed by atoms with Crippen molar-refractivity contribution >= 4 is 65.0 Å². The van der Waals surface area contributed by atoms with Gasteiger partial charge in [0.1, 0.15) is 0 Å². The van der Waals surface area contributed by atoms with E-state index < -0.39 is 6.97 Å². The number of fused-ring (bicyclic) bond motifs is 4. The topological polar surface area (TPSA) is 106 Å². The van der Waals surface area contributed by atoms with E-state index in [1.165, 1.54) is 16.2 Å². The molecule has 3 amide bonds. The van der Waals surface area contributed by atoms with Crippen molar-refractivity contribution < 1.29 is 27.5 Å². The Morgan fingerprint density at radius 3 is 2.63 bits per heavy atom. The number of amides is 3. The van der Waals surface area contributed by atoms with Crippen molar-refractivity contribution in [2.75, 3.05) is 56.0 Å². The molecular weight excluding hydrogens is 673 g/mol. The molecule has 0 saturated carbocycles. The number of rotatable bonds is 9. The second kappa shape index (κ2) is 13.5. The highest BCUT2D eigenvalue weighted by Gasteiger charge is 2.52. The molecule has 0 radical (unpaired) electrons. The van der Waals surface area contributed by atoms with Crippen LogP contribution < -0.4 is 15.5 Å². The van der Waals surface area contributed by atoms with Crippen molar-refractivity contribution in [3.05, 3.63) is 112 Å². The van der Waals surface area contributed by atoms with Crippen LogP contribution in [0, 0.1) is 0 Å². The molecule has 260 valence electrons. The number of aromatic nitrogens is 2. The Kier molecular flexibility index (Phi) is 8.70. The summed E-state index contributed by atoms with van der Waals surface area (Å²) >= 11 is 1.42. The number of pyridine rings is 1. The number of benzene rings is 1. The second-order valence-electron chi connectivity index (χ2n) is 12.9. The molecule has 4 aliphatic rings. The lowest BCUT2D eigenvalue weighted by Crippen LogP contribution is -2.51. The third-order valence-corrected chi connectivity index (χ3v) is 10.6. The molecule has 0 bridgehead atoms. The molecule has 0 spiro atoms. The van der Waals surface area contributed by atoms with E-state index in [9.17, 15) is 14.4 Å². The third kappa shape index (κ3) is 6.21. The molecule has 0 aliphatic carbocycles. The maximum Gasteiger partial charge on any atom is 0.737 e. The van der Waals surface area contributed by atoms with Gasteiger partial charge in [0.25, 0.3) is 5.91 Å². The van der Waals surface area contributed by atoms with E-state index in [0.29, 0.717) is 84.8 Å². The maximum absolute atomic E-state index is 16.1. The highest BCUT2D eigenvalue weighted by atomic mass is 32.1. The number of para-hydroxylation sites is 1. The highest BCUT2D eigenvalue weighted by Crippen LogP contribution is 2.37. The van der Waals surface area contributed by atoms with Crippen LogP contribution in [-0.2, 0) is 16.0 Å². The number of carbonyl (C=O) groups is 3. The lowest BCUT2D eigenvalue weighted by Gasteiger charge is -2.35. The largest absolute Gasteiger partial charge is 0.737 e. The van der Waals surface area contributed by atoms with E-state index in [1.54, 1.807) is 73.0 Å². The minimum Gasteiger partial charge on any atom is -0.394 e. The fraction of sp³-hybridized carbons (Fsp3) is 0.250. The fourth-order valence-corrected chi connectivity index (χ4v) is 7.98. The number of anilines is 3. The minimum atomic E-state index is -4.14. The zero-order valence-electron chi connectivity index (χ0n) is 27.7. The van der Waals surface area contributed by atoms with E-state index >= 15 is 8.63 Å². The van der Waals surface area contributed by atoms with E-state index in [4.69, 9.17) is 0 Å². The Bertz CT molecular complexity index is 2120. The summed E-state index contributed by atoms with van der Waals surface area (Å²) in [7, 11) is 0. The summed E-state index contributed by atoms with van der Waals surface area (Å²) in [5.74, 6) is -0.276. The van der Waals surface area contributed by atoms with Gasteiger partial charge in [-0.15, -0.1) is 11.3 Å². The highest BCUT2D eigenvalue weighted by molar-refractivity contribution is 7.12. The Labute approximate surface area is 297 Å². The van der Waals surface area contributed by atoms with Gasteiger partial charge < -0.3 is 28.2 Å². The number of nitrogens with zero attached hydrogens (tertiary/aromatic N) is 6. The minimum absolute atomic E-state index is 0.0978. The molecule has 2 N–H and O–H groups in total. The van der Waals surface area contributed by atoms with Gasteiger partial charge in [0.15, 0.2) is 17.2 Å². The second-order valence-corrected chi connectivity index (χ2v) is 13.8. The molecule has 11 nitrogen and oxygen atoms in total. The van der Waals surface area contributed by atoms with Gasteiger partial charge in [-0.1, -0.05) is 18.2 Å². The van der Waals surface area contributed by atoms with Crippen molar-refractivity contribution in [3.63, 3.8) is 0 Å². The number of piperazine rings is 1. The Morgan fingerprint density at radius 1 is 0.980 bits per heavy atom. The van der Waals surface area contributed by atoms with Crippen LogP contribution in [0.2, 0.25) is 0 Å². The zero-order chi connectivity index (χ0) is 35.1. The molecule has 1 fully saturated rings. The predicted molar refractivity (Wildman–Crippen MR) is 194 cm³/mol. The molecule has 15 heteroatoms. The number of hydrogen-bond donors (Lipinski definition) is 2. The van der Waals surface area contributed by atoms with E-state index in [1.807, 2.05) is 17.5 Å². The van der Waals surface area contributed by atoms with E-state index in [2.05, 4.69) is 25.4 Å². The maximum atomic E-state index is 16.1. The molecule has 0 unspecified atom stereocenters. The summed E-state index contributed by atoms with van der Waals surface area (Å²) in [5.41, 5.74) is 3.18. The lowest BCUT2D eigenvalue weighted by molar-refractivity contribution is -0.360. The van der Waals surface area contributed by atoms with Crippen LogP contribution in [0.3, 0.4) is 0 Å². The summed E-state index contributed by atoms with van der Waals surface area (Å²) in [4.78, 5) is 50.5. The van der Waals surface area contributed by atoms with Gasteiger partial charge in [-0.25, -0.2) is 4.98 Å². The molecule has 51 heavy (non-hydrogen) atoms. The standard InChI is InChI=1S/C36H35BF2N8O3S/c38-37(39)46-25(9-10-26(46)23-27-11-13-31(47(27)37)32-8-4-22-51-32)12-14-33(48)40-16-17-43-18-20-44(21-19-43)24-34(49)45-30-7-2-1-5-28(30)36(50)42-29-6-3-15-41-35(29)45/h1-11,13,15,22-23H,12,14,16-21,24H2,(H,40,48)(H,42,50). The van der Waals surface area contributed by atoms with Crippen LogP contribution in [0.1, 0.15) is 33.0 Å². The Balaban J connectivity index is 0.825. The van der Waals surface area contributed by atoms with Gasteiger partial charge in [-0.3, -0.25) is 29.1 Å². The molecule has 1 saturated heterocycles. The smallest absolute Gasteiger partial charge is 0.394 e. The molecule has 1 aromatic carbocycles. The summed E-state index contributed by atoms with van der Waals surface area (Å²) in [5, 5.41) is 7.68. The third-order valence-electron chi connectivity index (χ3n) is 9.74. The first-order chi connectivity index (χ1) is 24.8. The number of halogens is 2. The van der Waals surface area contributed by atoms with Gasteiger partial charge in [-0.05, 0) is 60.0 Å². The fourth-order valence-electron chi connectivity index (χ4n) is 7.23. The summed E-state index contributed by atoms with van der Waals surface area (Å²) in [6, 6.07) is 17.5. The summed E-state index contributed by atoms with van der Waals surface area (Å²) < 4.78 is 34.4. The Hall–Kier alpha value is -5.25. The number of nitrogens with one attached hydrogen (secondary N) is 2. The van der Waals surface area contributed by atoms with Gasteiger partial charge in [0, 0.05) is 75.8 Å². The van der Waals surface area contributed by atoms with Crippen LogP contribution in [0.5, 0.6) is 0 Å². The van der Waals surface area contributed by atoms with Crippen molar-refractivity contribution in [2.24, 2.45) is 0 Å². The number of thiophene rings is 1. The van der Waals surface area contributed by atoms with Gasteiger partial charge in [0.05, 0.1) is 28.4 Å².